The van der Waals surface area contributed by atoms with Gasteiger partial charge in [-0.2, -0.15) is 0 Å². The number of unbranched alkanes of at least 4 members (excludes halogenated alkanes) is 4. The van der Waals surface area contributed by atoms with E-state index in [2.05, 4.69) is 12.2 Å². The molecular weight excluding hydrogens is 240 g/mol. The molecule has 1 N–H and O–H groups in total. The highest BCUT2D eigenvalue weighted by Gasteiger charge is 2.24. The zero-order valence-electron chi connectivity index (χ0n) is 12.4. The molecule has 0 aromatic rings. The van der Waals surface area contributed by atoms with Gasteiger partial charge >= 0.3 is 0 Å². The molecule has 0 aromatic carbocycles. The maximum Gasteiger partial charge on any atom is 0.220 e. The first-order valence-corrected chi connectivity index (χ1v) is 7.65. The van der Waals surface area contributed by atoms with E-state index in [9.17, 15) is 9.59 Å². The second kappa shape index (κ2) is 8.94. The minimum Gasteiger partial charge on any atom is -0.356 e. The van der Waals surface area contributed by atoms with Crippen molar-refractivity contribution in [2.75, 3.05) is 19.6 Å². The van der Waals surface area contributed by atoms with E-state index in [4.69, 9.17) is 0 Å². The van der Waals surface area contributed by atoms with Crippen molar-refractivity contribution in [2.24, 2.45) is 5.92 Å². The Bertz CT molecular complexity index is 292. The molecule has 1 aliphatic heterocycles. The molecule has 1 heterocycles. The Balaban J connectivity index is 2.03. The van der Waals surface area contributed by atoms with Crippen LogP contribution in [0.4, 0.5) is 0 Å². The molecule has 2 amide bonds. The van der Waals surface area contributed by atoms with Crippen LogP contribution >= 0.6 is 0 Å². The molecule has 1 saturated heterocycles. The minimum absolute atomic E-state index is 0.143. The van der Waals surface area contributed by atoms with Gasteiger partial charge in [0.25, 0.3) is 0 Å². The molecule has 1 unspecified atom stereocenters. The van der Waals surface area contributed by atoms with Crippen molar-refractivity contribution < 1.29 is 9.59 Å². The van der Waals surface area contributed by atoms with Crippen LogP contribution in [0.5, 0.6) is 0 Å². The molecule has 1 aliphatic rings. The van der Waals surface area contributed by atoms with E-state index in [1.165, 1.54) is 19.3 Å². The van der Waals surface area contributed by atoms with Crippen LogP contribution in [0.25, 0.3) is 0 Å². The second-order valence-electron chi connectivity index (χ2n) is 5.59. The molecule has 19 heavy (non-hydrogen) atoms. The highest BCUT2D eigenvalue weighted by atomic mass is 16.2. The lowest BCUT2D eigenvalue weighted by molar-refractivity contribution is -0.127. The topological polar surface area (TPSA) is 49.4 Å². The largest absolute Gasteiger partial charge is 0.356 e. The average molecular weight is 268 g/mol. The number of rotatable bonds is 8. The third-order valence-electron chi connectivity index (χ3n) is 3.83. The summed E-state index contributed by atoms with van der Waals surface area (Å²) < 4.78 is 0. The fourth-order valence-corrected chi connectivity index (χ4v) is 2.52. The highest BCUT2D eigenvalue weighted by Crippen LogP contribution is 2.15. The molecule has 0 saturated carbocycles. The molecule has 110 valence electrons. The quantitative estimate of drug-likeness (QED) is 0.687. The number of carbonyl (C=O) groups excluding carboxylic acids is 2. The van der Waals surface area contributed by atoms with Gasteiger partial charge in [0, 0.05) is 33.0 Å². The summed E-state index contributed by atoms with van der Waals surface area (Å²) in [6.07, 6.45) is 7.55. The molecule has 4 nitrogen and oxygen atoms in total. The third-order valence-corrected chi connectivity index (χ3v) is 3.83. The number of likely N-dealkylation sites (tertiary alicyclic amines) is 1. The molecule has 0 bridgehead atoms. The third kappa shape index (κ3) is 6.60. The van der Waals surface area contributed by atoms with Gasteiger partial charge in [0.1, 0.15) is 0 Å². The number of carbonyl (C=O) groups is 2. The first-order chi connectivity index (χ1) is 9.13. The van der Waals surface area contributed by atoms with Crippen LogP contribution in [0, 0.1) is 5.92 Å². The zero-order valence-corrected chi connectivity index (χ0v) is 12.4. The smallest absolute Gasteiger partial charge is 0.220 e. The molecule has 0 aromatic heterocycles. The van der Waals surface area contributed by atoms with Crippen molar-refractivity contribution in [1.29, 1.82) is 0 Å². The van der Waals surface area contributed by atoms with E-state index in [0.717, 1.165) is 38.9 Å². The van der Waals surface area contributed by atoms with E-state index >= 15 is 0 Å². The van der Waals surface area contributed by atoms with Gasteiger partial charge in [-0.05, 0) is 18.8 Å². The van der Waals surface area contributed by atoms with Crippen LogP contribution in [0.1, 0.15) is 58.8 Å². The van der Waals surface area contributed by atoms with Crippen molar-refractivity contribution in [3.05, 3.63) is 0 Å². The van der Waals surface area contributed by atoms with E-state index in [1.54, 1.807) is 6.92 Å². The van der Waals surface area contributed by atoms with Crippen LogP contribution in [0.3, 0.4) is 0 Å². The van der Waals surface area contributed by atoms with E-state index in [-0.39, 0.29) is 11.8 Å². The summed E-state index contributed by atoms with van der Waals surface area (Å²) in [5.41, 5.74) is 0. The van der Waals surface area contributed by atoms with Crippen molar-refractivity contribution in [1.82, 2.24) is 10.2 Å². The van der Waals surface area contributed by atoms with Gasteiger partial charge in [-0.15, -0.1) is 0 Å². The maximum atomic E-state index is 11.7. The Hall–Kier alpha value is -1.06. The van der Waals surface area contributed by atoms with Crippen LogP contribution in [0.2, 0.25) is 0 Å². The summed E-state index contributed by atoms with van der Waals surface area (Å²) >= 11 is 0. The van der Waals surface area contributed by atoms with Crippen LogP contribution in [0.15, 0.2) is 0 Å². The number of hydrogen-bond acceptors (Lipinski definition) is 2. The predicted octanol–water partition coefficient (Wildman–Crippen LogP) is 2.33. The van der Waals surface area contributed by atoms with Gasteiger partial charge in [0.05, 0.1) is 0 Å². The van der Waals surface area contributed by atoms with Crippen molar-refractivity contribution >= 4 is 11.8 Å². The molecule has 1 rings (SSSR count). The summed E-state index contributed by atoms with van der Waals surface area (Å²) in [6, 6.07) is 0. The lowest BCUT2D eigenvalue weighted by atomic mass is 10.1. The average Bonchev–Trinajstić information content (AvgIpc) is 2.85. The molecule has 0 spiro atoms. The number of hydrogen-bond donors (Lipinski definition) is 1. The lowest BCUT2D eigenvalue weighted by Crippen LogP contribution is -2.32. The molecule has 1 atom stereocenters. The molecule has 0 radical (unpaired) electrons. The van der Waals surface area contributed by atoms with Gasteiger partial charge < -0.3 is 10.2 Å². The Morgan fingerprint density at radius 3 is 2.58 bits per heavy atom. The summed E-state index contributed by atoms with van der Waals surface area (Å²) in [5, 5.41) is 3.00. The fraction of sp³-hybridized carbons (Fsp3) is 0.867. The van der Waals surface area contributed by atoms with Gasteiger partial charge in [-0.25, -0.2) is 0 Å². The van der Waals surface area contributed by atoms with Gasteiger partial charge in [0.15, 0.2) is 0 Å². The molecule has 0 aliphatic carbocycles. The summed E-state index contributed by atoms with van der Waals surface area (Å²) in [4.78, 5) is 24.7. The van der Waals surface area contributed by atoms with Crippen molar-refractivity contribution in [2.45, 2.75) is 58.8 Å². The monoisotopic (exact) mass is 268 g/mol. The van der Waals surface area contributed by atoms with Crippen LogP contribution < -0.4 is 5.32 Å². The normalized spacial score (nSPS) is 18.6. The summed E-state index contributed by atoms with van der Waals surface area (Å²) in [6.45, 7) is 6.16. The Morgan fingerprint density at radius 1 is 1.21 bits per heavy atom. The Kier molecular flexibility index (Phi) is 7.53. The standard InChI is InChI=1S/C15H28N2O2/c1-3-4-5-6-7-8-15(19)16-11-14-9-10-17(12-14)13(2)18/h14H,3-12H2,1-2H3,(H,16,19). The van der Waals surface area contributed by atoms with Gasteiger partial charge in [-0.3, -0.25) is 9.59 Å². The second-order valence-corrected chi connectivity index (χ2v) is 5.59. The van der Waals surface area contributed by atoms with Crippen molar-refractivity contribution in [3.8, 4) is 0 Å². The lowest BCUT2D eigenvalue weighted by Gasteiger charge is -2.14. The molecule has 1 fully saturated rings. The highest BCUT2D eigenvalue weighted by molar-refractivity contribution is 5.76. The first-order valence-electron chi connectivity index (χ1n) is 7.65. The minimum atomic E-state index is 0.143. The van der Waals surface area contributed by atoms with Crippen molar-refractivity contribution in [3.63, 3.8) is 0 Å². The Morgan fingerprint density at radius 2 is 1.95 bits per heavy atom. The number of nitrogens with one attached hydrogen (secondary N) is 1. The van der Waals surface area contributed by atoms with Crippen LogP contribution in [-0.2, 0) is 9.59 Å². The van der Waals surface area contributed by atoms with E-state index < -0.39 is 0 Å². The van der Waals surface area contributed by atoms with Crippen LogP contribution in [-0.4, -0.2) is 36.3 Å². The summed E-state index contributed by atoms with van der Waals surface area (Å²) in [5.74, 6) is 0.746. The number of amides is 2. The maximum absolute atomic E-state index is 11.7. The molecule has 4 heteroatoms. The Labute approximate surface area is 116 Å². The SMILES string of the molecule is CCCCCCCC(=O)NCC1CCN(C(C)=O)C1. The summed E-state index contributed by atoms with van der Waals surface area (Å²) in [7, 11) is 0. The first kappa shape index (κ1) is 16.0. The van der Waals surface area contributed by atoms with Gasteiger partial charge in [0.2, 0.25) is 11.8 Å². The van der Waals surface area contributed by atoms with E-state index in [0.29, 0.717) is 12.3 Å². The van der Waals surface area contributed by atoms with Gasteiger partial charge in [-0.1, -0.05) is 32.6 Å². The predicted molar refractivity (Wildman–Crippen MR) is 76.7 cm³/mol. The van der Waals surface area contributed by atoms with E-state index in [1.807, 2.05) is 4.90 Å². The fourth-order valence-electron chi connectivity index (χ4n) is 2.52. The number of nitrogens with zero attached hydrogens (tertiary/aromatic N) is 1. The molecular formula is C15H28N2O2. The zero-order chi connectivity index (χ0) is 14.1.